The van der Waals surface area contributed by atoms with Crippen LogP contribution in [0, 0.1) is 6.92 Å². The summed E-state index contributed by atoms with van der Waals surface area (Å²) in [7, 11) is 0. The number of aryl methyl sites for hydroxylation is 1. The first-order chi connectivity index (χ1) is 10.5. The number of amides is 1. The molecule has 1 atom stereocenters. The fourth-order valence-electron chi connectivity index (χ4n) is 2.49. The summed E-state index contributed by atoms with van der Waals surface area (Å²) in [6.45, 7) is 2.74. The van der Waals surface area contributed by atoms with Gasteiger partial charge in [-0.05, 0) is 43.7 Å². The zero-order valence-electron chi connectivity index (χ0n) is 12.2. The predicted molar refractivity (Wildman–Crippen MR) is 83.7 cm³/mol. The van der Waals surface area contributed by atoms with Gasteiger partial charge in [0.05, 0.1) is 6.10 Å². The van der Waals surface area contributed by atoms with Crippen molar-refractivity contribution in [1.82, 2.24) is 14.9 Å². The molecule has 1 amide bonds. The molecule has 1 aliphatic rings. The van der Waals surface area contributed by atoms with Crippen molar-refractivity contribution in [2.45, 2.75) is 19.4 Å². The van der Waals surface area contributed by atoms with Crippen LogP contribution in [0.4, 0.5) is 0 Å². The first-order valence-electron chi connectivity index (χ1n) is 7.12. The number of hydrogen-bond acceptors (Lipinski definition) is 4. The Morgan fingerprint density at radius 1 is 1.32 bits per heavy atom. The summed E-state index contributed by atoms with van der Waals surface area (Å²) in [4.78, 5) is 22.9. The molecule has 1 aromatic heterocycles. The van der Waals surface area contributed by atoms with Crippen LogP contribution >= 0.6 is 11.6 Å². The minimum atomic E-state index is -0.442. The summed E-state index contributed by atoms with van der Waals surface area (Å²) in [5.74, 6) is 0.331. The minimum Gasteiger partial charge on any atom is -0.391 e. The van der Waals surface area contributed by atoms with Gasteiger partial charge >= 0.3 is 0 Å². The highest BCUT2D eigenvalue weighted by Gasteiger charge is 2.26. The highest BCUT2D eigenvalue weighted by molar-refractivity contribution is 6.30. The lowest BCUT2D eigenvalue weighted by atomic mass is 10.2. The van der Waals surface area contributed by atoms with Crippen molar-refractivity contribution in [3.05, 3.63) is 46.7 Å². The van der Waals surface area contributed by atoms with E-state index in [1.807, 2.05) is 19.1 Å². The fourth-order valence-corrected chi connectivity index (χ4v) is 2.62. The maximum Gasteiger partial charge on any atom is 0.272 e. The average molecular weight is 318 g/mol. The third-order valence-corrected chi connectivity index (χ3v) is 3.88. The zero-order valence-corrected chi connectivity index (χ0v) is 12.9. The van der Waals surface area contributed by atoms with Crippen molar-refractivity contribution < 1.29 is 9.90 Å². The van der Waals surface area contributed by atoms with E-state index in [1.54, 1.807) is 23.1 Å². The van der Waals surface area contributed by atoms with Crippen LogP contribution < -0.4 is 0 Å². The lowest BCUT2D eigenvalue weighted by molar-refractivity contribution is 0.0759. The summed E-state index contributed by atoms with van der Waals surface area (Å²) in [5.41, 5.74) is 1.89. The van der Waals surface area contributed by atoms with Crippen LogP contribution in [0.25, 0.3) is 11.4 Å². The number of aliphatic hydroxyl groups is 1. The van der Waals surface area contributed by atoms with E-state index in [9.17, 15) is 9.90 Å². The molecule has 5 nitrogen and oxygen atoms in total. The summed E-state index contributed by atoms with van der Waals surface area (Å²) >= 11 is 5.89. The number of carbonyl (C=O) groups excluding carboxylic acids is 1. The maximum atomic E-state index is 12.5. The Bertz CT molecular complexity index is 703. The maximum absolute atomic E-state index is 12.5. The number of rotatable bonds is 2. The Morgan fingerprint density at radius 3 is 2.68 bits per heavy atom. The summed E-state index contributed by atoms with van der Waals surface area (Å²) in [6, 6.07) is 8.85. The monoisotopic (exact) mass is 317 g/mol. The van der Waals surface area contributed by atoms with Crippen molar-refractivity contribution in [2.24, 2.45) is 0 Å². The van der Waals surface area contributed by atoms with E-state index < -0.39 is 6.10 Å². The molecule has 0 saturated carbocycles. The van der Waals surface area contributed by atoms with Gasteiger partial charge in [-0.1, -0.05) is 11.6 Å². The molecular formula is C16H16ClN3O2. The Morgan fingerprint density at radius 2 is 2.05 bits per heavy atom. The van der Waals surface area contributed by atoms with Crippen molar-refractivity contribution in [3.8, 4) is 11.4 Å². The first kappa shape index (κ1) is 14.9. The molecule has 0 spiro atoms. The molecule has 1 aromatic carbocycles. The van der Waals surface area contributed by atoms with E-state index in [-0.39, 0.29) is 5.91 Å². The first-order valence-corrected chi connectivity index (χ1v) is 7.49. The largest absolute Gasteiger partial charge is 0.391 e. The Kier molecular flexibility index (Phi) is 4.09. The van der Waals surface area contributed by atoms with Crippen LogP contribution in [0.1, 0.15) is 22.6 Å². The number of benzene rings is 1. The molecule has 3 rings (SSSR count). The van der Waals surface area contributed by atoms with Crippen molar-refractivity contribution in [3.63, 3.8) is 0 Å². The standard InChI is InChI=1S/C16H16ClN3O2/c1-10-8-14(16(22)20-7-6-13(21)9-20)19-15(18-10)11-2-4-12(17)5-3-11/h2-5,8,13,21H,6-7,9H2,1H3/t13-/m1/s1. The molecule has 1 fully saturated rings. The molecule has 22 heavy (non-hydrogen) atoms. The lowest BCUT2D eigenvalue weighted by Gasteiger charge is -2.15. The predicted octanol–water partition coefficient (Wildman–Crippen LogP) is 2.31. The van der Waals surface area contributed by atoms with Crippen LogP contribution in [0.3, 0.4) is 0 Å². The normalized spacial score (nSPS) is 17.8. The van der Waals surface area contributed by atoms with Gasteiger partial charge in [0, 0.05) is 29.4 Å². The molecule has 1 aliphatic heterocycles. The summed E-state index contributed by atoms with van der Waals surface area (Å²) in [5, 5.41) is 10.2. The van der Waals surface area contributed by atoms with Gasteiger partial charge in [0.25, 0.3) is 5.91 Å². The van der Waals surface area contributed by atoms with Crippen LogP contribution in [0.2, 0.25) is 5.02 Å². The molecule has 0 unspecified atom stereocenters. The molecule has 6 heteroatoms. The number of halogens is 1. The molecule has 0 aliphatic carbocycles. The second kappa shape index (κ2) is 6.02. The Labute approximate surface area is 133 Å². The van der Waals surface area contributed by atoms with Gasteiger partial charge < -0.3 is 10.0 Å². The minimum absolute atomic E-state index is 0.169. The number of nitrogens with zero attached hydrogens (tertiary/aromatic N) is 3. The lowest BCUT2D eigenvalue weighted by Crippen LogP contribution is -2.30. The third kappa shape index (κ3) is 3.10. The topological polar surface area (TPSA) is 66.3 Å². The van der Waals surface area contributed by atoms with Crippen LogP contribution in [0.5, 0.6) is 0 Å². The van der Waals surface area contributed by atoms with Crippen LogP contribution in [0.15, 0.2) is 30.3 Å². The molecule has 0 bridgehead atoms. The fraction of sp³-hybridized carbons (Fsp3) is 0.312. The summed E-state index contributed by atoms with van der Waals surface area (Å²) < 4.78 is 0. The van der Waals surface area contributed by atoms with Gasteiger partial charge in [0.1, 0.15) is 5.69 Å². The summed E-state index contributed by atoms with van der Waals surface area (Å²) in [6.07, 6.45) is 0.169. The van der Waals surface area contributed by atoms with E-state index in [0.717, 1.165) is 11.3 Å². The highest BCUT2D eigenvalue weighted by atomic mass is 35.5. The molecule has 0 radical (unpaired) electrons. The molecule has 1 N–H and O–H groups in total. The number of aliphatic hydroxyl groups excluding tert-OH is 1. The van der Waals surface area contributed by atoms with Crippen LogP contribution in [-0.4, -0.2) is 45.1 Å². The van der Waals surface area contributed by atoms with Gasteiger partial charge in [-0.15, -0.1) is 0 Å². The number of aromatic nitrogens is 2. The molecular weight excluding hydrogens is 302 g/mol. The van der Waals surface area contributed by atoms with Gasteiger partial charge in [-0.2, -0.15) is 0 Å². The van der Waals surface area contributed by atoms with E-state index >= 15 is 0 Å². The third-order valence-electron chi connectivity index (χ3n) is 3.63. The highest BCUT2D eigenvalue weighted by Crippen LogP contribution is 2.20. The average Bonchev–Trinajstić information content (AvgIpc) is 2.93. The van der Waals surface area contributed by atoms with Crippen LogP contribution in [-0.2, 0) is 0 Å². The molecule has 2 heterocycles. The second-order valence-electron chi connectivity index (χ2n) is 5.42. The van der Waals surface area contributed by atoms with Crippen molar-refractivity contribution >= 4 is 17.5 Å². The number of β-amino-alcohol motifs (C(OH)–C–C–N with tert-alkyl or cyclic N) is 1. The van der Waals surface area contributed by atoms with Gasteiger partial charge in [0.15, 0.2) is 5.82 Å². The number of carbonyl (C=O) groups is 1. The van der Waals surface area contributed by atoms with E-state index in [2.05, 4.69) is 9.97 Å². The smallest absolute Gasteiger partial charge is 0.272 e. The van der Waals surface area contributed by atoms with Crippen molar-refractivity contribution in [1.29, 1.82) is 0 Å². The number of likely N-dealkylation sites (tertiary alicyclic amines) is 1. The molecule has 2 aromatic rings. The van der Waals surface area contributed by atoms with Gasteiger partial charge in [0.2, 0.25) is 0 Å². The van der Waals surface area contributed by atoms with E-state index in [0.29, 0.717) is 36.1 Å². The second-order valence-corrected chi connectivity index (χ2v) is 5.86. The zero-order chi connectivity index (χ0) is 15.7. The van der Waals surface area contributed by atoms with E-state index in [1.165, 1.54) is 0 Å². The number of hydrogen-bond donors (Lipinski definition) is 1. The van der Waals surface area contributed by atoms with Crippen molar-refractivity contribution in [2.75, 3.05) is 13.1 Å². The molecule has 114 valence electrons. The Hall–Kier alpha value is -1.98. The quantitative estimate of drug-likeness (QED) is 0.923. The SMILES string of the molecule is Cc1cc(C(=O)N2CC[C@@H](O)C2)nc(-c2ccc(Cl)cc2)n1. The van der Waals surface area contributed by atoms with Gasteiger partial charge in [-0.25, -0.2) is 9.97 Å². The van der Waals surface area contributed by atoms with Gasteiger partial charge in [-0.3, -0.25) is 4.79 Å². The molecule has 1 saturated heterocycles. The Balaban J connectivity index is 1.93. The van der Waals surface area contributed by atoms with E-state index in [4.69, 9.17) is 11.6 Å².